The molecule has 0 aliphatic rings. The standard InChI is InChI=1S/C13H21NO2S/c1-5-16-12(15)11(13(2,3)4)14-9-10-7-6-8-17-10/h6-8,11,14H,5,9H2,1-4H3. The molecule has 1 aromatic heterocycles. The molecule has 0 amide bonds. The summed E-state index contributed by atoms with van der Waals surface area (Å²) >= 11 is 1.69. The van der Waals surface area contributed by atoms with Gasteiger partial charge in [0.05, 0.1) is 6.61 Å². The highest BCUT2D eigenvalue weighted by molar-refractivity contribution is 7.09. The second-order valence-corrected chi connectivity index (χ2v) is 6.04. The molecule has 1 N–H and O–H groups in total. The Morgan fingerprint density at radius 1 is 1.53 bits per heavy atom. The van der Waals surface area contributed by atoms with Crippen molar-refractivity contribution in [1.29, 1.82) is 0 Å². The molecule has 1 unspecified atom stereocenters. The highest BCUT2D eigenvalue weighted by Crippen LogP contribution is 2.21. The number of thiophene rings is 1. The lowest BCUT2D eigenvalue weighted by molar-refractivity contribution is -0.148. The van der Waals surface area contributed by atoms with Crippen molar-refractivity contribution in [3.05, 3.63) is 22.4 Å². The predicted molar refractivity (Wildman–Crippen MR) is 71.0 cm³/mol. The van der Waals surface area contributed by atoms with Crippen molar-refractivity contribution in [2.75, 3.05) is 6.61 Å². The molecule has 0 spiro atoms. The van der Waals surface area contributed by atoms with Crippen molar-refractivity contribution < 1.29 is 9.53 Å². The summed E-state index contributed by atoms with van der Waals surface area (Å²) in [7, 11) is 0. The first-order valence-electron chi connectivity index (χ1n) is 5.87. The summed E-state index contributed by atoms with van der Waals surface area (Å²) in [6, 6.07) is 3.80. The molecular formula is C13H21NO2S. The van der Waals surface area contributed by atoms with Gasteiger partial charge in [0.25, 0.3) is 0 Å². The van der Waals surface area contributed by atoms with E-state index in [4.69, 9.17) is 4.74 Å². The van der Waals surface area contributed by atoms with Crippen LogP contribution in [-0.4, -0.2) is 18.6 Å². The van der Waals surface area contributed by atoms with Gasteiger partial charge >= 0.3 is 5.97 Å². The fourth-order valence-corrected chi connectivity index (χ4v) is 2.24. The van der Waals surface area contributed by atoms with Gasteiger partial charge in [0.1, 0.15) is 6.04 Å². The van der Waals surface area contributed by atoms with Crippen LogP contribution in [0.4, 0.5) is 0 Å². The Bertz CT molecular complexity index is 341. The van der Waals surface area contributed by atoms with Gasteiger partial charge in [-0.25, -0.2) is 0 Å². The second kappa shape index (κ2) is 6.17. The minimum atomic E-state index is -0.274. The zero-order chi connectivity index (χ0) is 12.9. The molecule has 1 heterocycles. The van der Waals surface area contributed by atoms with Crippen LogP contribution in [0, 0.1) is 5.41 Å². The van der Waals surface area contributed by atoms with Crippen molar-refractivity contribution in [3.8, 4) is 0 Å². The van der Waals surface area contributed by atoms with Gasteiger partial charge in [-0.05, 0) is 23.8 Å². The van der Waals surface area contributed by atoms with Crippen molar-refractivity contribution in [2.24, 2.45) is 5.41 Å². The monoisotopic (exact) mass is 255 g/mol. The van der Waals surface area contributed by atoms with E-state index in [-0.39, 0.29) is 17.4 Å². The van der Waals surface area contributed by atoms with E-state index in [9.17, 15) is 4.79 Å². The maximum Gasteiger partial charge on any atom is 0.323 e. The first kappa shape index (κ1) is 14.2. The number of rotatable bonds is 5. The zero-order valence-electron chi connectivity index (χ0n) is 10.9. The molecule has 1 atom stereocenters. The van der Waals surface area contributed by atoms with Crippen LogP contribution >= 0.6 is 11.3 Å². The summed E-state index contributed by atoms with van der Waals surface area (Å²) in [6.45, 7) is 9.07. The number of hydrogen-bond donors (Lipinski definition) is 1. The fraction of sp³-hybridized carbons (Fsp3) is 0.615. The number of carbonyl (C=O) groups excluding carboxylic acids is 1. The van der Waals surface area contributed by atoms with Gasteiger partial charge in [0.2, 0.25) is 0 Å². The smallest absolute Gasteiger partial charge is 0.323 e. The first-order valence-corrected chi connectivity index (χ1v) is 6.75. The summed E-state index contributed by atoms with van der Waals surface area (Å²) < 4.78 is 5.10. The number of ether oxygens (including phenoxy) is 1. The number of hydrogen-bond acceptors (Lipinski definition) is 4. The summed E-state index contributed by atoms with van der Waals surface area (Å²) in [4.78, 5) is 13.1. The zero-order valence-corrected chi connectivity index (χ0v) is 11.8. The Kier molecular flexibility index (Phi) is 5.15. The van der Waals surface area contributed by atoms with E-state index < -0.39 is 0 Å². The van der Waals surface area contributed by atoms with Gasteiger partial charge in [-0.2, -0.15) is 0 Å². The van der Waals surface area contributed by atoms with E-state index in [0.717, 1.165) is 0 Å². The molecule has 0 bridgehead atoms. The molecular weight excluding hydrogens is 234 g/mol. The largest absolute Gasteiger partial charge is 0.465 e. The van der Waals surface area contributed by atoms with Gasteiger partial charge in [0.15, 0.2) is 0 Å². The Morgan fingerprint density at radius 3 is 2.71 bits per heavy atom. The molecule has 96 valence electrons. The van der Waals surface area contributed by atoms with E-state index in [0.29, 0.717) is 13.2 Å². The van der Waals surface area contributed by atoms with E-state index in [1.807, 2.05) is 39.1 Å². The summed E-state index contributed by atoms with van der Waals surface area (Å²) in [5.74, 6) is -0.170. The third-order valence-corrected chi connectivity index (χ3v) is 3.33. The maximum absolute atomic E-state index is 11.9. The first-order chi connectivity index (χ1) is 7.95. The topological polar surface area (TPSA) is 38.3 Å². The minimum Gasteiger partial charge on any atom is -0.465 e. The molecule has 0 saturated carbocycles. The lowest BCUT2D eigenvalue weighted by Crippen LogP contribution is -2.47. The van der Waals surface area contributed by atoms with Crippen LogP contribution in [-0.2, 0) is 16.1 Å². The molecule has 0 aromatic carbocycles. The van der Waals surface area contributed by atoms with Crippen LogP contribution in [0.15, 0.2) is 17.5 Å². The van der Waals surface area contributed by atoms with Crippen molar-refractivity contribution in [3.63, 3.8) is 0 Å². The Hall–Kier alpha value is -0.870. The Balaban J connectivity index is 2.61. The molecule has 3 nitrogen and oxygen atoms in total. The average molecular weight is 255 g/mol. The van der Waals surface area contributed by atoms with Gasteiger partial charge in [0, 0.05) is 11.4 Å². The molecule has 0 aliphatic carbocycles. The number of carbonyl (C=O) groups is 1. The summed E-state index contributed by atoms with van der Waals surface area (Å²) in [5, 5.41) is 5.32. The van der Waals surface area contributed by atoms with Gasteiger partial charge in [-0.15, -0.1) is 11.3 Å². The van der Waals surface area contributed by atoms with Gasteiger partial charge in [-0.1, -0.05) is 26.8 Å². The molecule has 0 saturated heterocycles. The van der Waals surface area contributed by atoms with Gasteiger partial charge < -0.3 is 4.74 Å². The third-order valence-electron chi connectivity index (χ3n) is 2.45. The second-order valence-electron chi connectivity index (χ2n) is 5.01. The quantitative estimate of drug-likeness (QED) is 0.822. The average Bonchev–Trinajstić information content (AvgIpc) is 2.69. The van der Waals surface area contributed by atoms with Crippen molar-refractivity contribution in [1.82, 2.24) is 5.32 Å². The van der Waals surface area contributed by atoms with Crippen molar-refractivity contribution >= 4 is 17.3 Å². The molecule has 4 heteroatoms. The highest BCUT2D eigenvalue weighted by atomic mass is 32.1. The van der Waals surface area contributed by atoms with E-state index in [1.54, 1.807) is 11.3 Å². The predicted octanol–water partition coefficient (Wildman–Crippen LogP) is 2.82. The van der Waals surface area contributed by atoms with Crippen LogP contribution in [0.1, 0.15) is 32.6 Å². The van der Waals surface area contributed by atoms with Crippen LogP contribution in [0.5, 0.6) is 0 Å². The molecule has 0 fully saturated rings. The Morgan fingerprint density at radius 2 is 2.24 bits per heavy atom. The number of esters is 1. The van der Waals surface area contributed by atoms with E-state index in [1.165, 1.54) is 4.88 Å². The molecule has 1 aromatic rings. The lowest BCUT2D eigenvalue weighted by atomic mass is 9.86. The summed E-state index contributed by atoms with van der Waals surface area (Å²) in [5.41, 5.74) is -0.149. The Labute approximate surface area is 107 Å². The fourth-order valence-electron chi connectivity index (χ4n) is 1.58. The SMILES string of the molecule is CCOC(=O)C(NCc1cccs1)C(C)(C)C. The third kappa shape index (κ3) is 4.48. The molecule has 17 heavy (non-hydrogen) atoms. The molecule has 0 radical (unpaired) electrons. The van der Waals surface area contributed by atoms with E-state index >= 15 is 0 Å². The van der Waals surface area contributed by atoms with Crippen LogP contribution in [0.3, 0.4) is 0 Å². The van der Waals surface area contributed by atoms with Crippen LogP contribution in [0.2, 0.25) is 0 Å². The maximum atomic E-state index is 11.9. The van der Waals surface area contributed by atoms with Crippen molar-refractivity contribution in [2.45, 2.75) is 40.3 Å². The van der Waals surface area contributed by atoms with E-state index in [2.05, 4.69) is 11.4 Å². The minimum absolute atomic E-state index is 0.149. The van der Waals surface area contributed by atoms with Crippen LogP contribution < -0.4 is 5.32 Å². The highest BCUT2D eigenvalue weighted by Gasteiger charge is 2.31. The number of nitrogens with one attached hydrogen (secondary N) is 1. The molecule has 1 rings (SSSR count). The van der Waals surface area contributed by atoms with Crippen LogP contribution in [0.25, 0.3) is 0 Å². The normalized spacial score (nSPS) is 13.4. The summed E-state index contributed by atoms with van der Waals surface area (Å²) in [6.07, 6.45) is 0. The van der Waals surface area contributed by atoms with Gasteiger partial charge in [-0.3, -0.25) is 10.1 Å². The molecule has 0 aliphatic heterocycles. The lowest BCUT2D eigenvalue weighted by Gasteiger charge is -2.29.